The lowest BCUT2D eigenvalue weighted by Crippen LogP contribution is -2.20. The second-order valence-corrected chi connectivity index (χ2v) is 6.83. The third-order valence-corrected chi connectivity index (χ3v) is 4.18. The average Bonchev–Trinajstić information content (AvgIpc) is 2.84. The van der Waals surface area contributed by atoms with Crippen molar-refractivity contribution in [3.05, 3.63) is 46.7 Å². The number of nitrogens with two attached hydrogens (primary N) is 1. The number of rotatable bonds is 1. The Labute approximate surface area is 125 Å². The van der Waals surface area contributed by atoms with Crippen LogP contribution < -0.4 is 5.73 Å². The zero-order valence-electron chi connectivity index (χ0n) is 13.1. The highest BCUT2D eigenvalue weighted by atomic mass is 15.0. The molecule has 2 aromatic rings. The topological polar surface area (TPSA) is 64.7 Å². The maximum Gasteiger partial charge on any atom is 0.136 e. The van der Waals surface area contributed by atoms with Gasteiger partial charge in [0.15, 0.2) is 0 Å². The van der Waals surface area contributed by atoms with Crippen LogP contribution in [-0.4, -0.2) is 15.0 Å². The van der Waals surface area contributed by atoms with E-state index in [4.69, 9.17) is 10.7 Å². The molecule has 0 fully saturated rings. The molecule has 0 aliphatic heterocycles. The molecule has 0 spiro atoms. The SMILES string of the molecule is Cc1c(N)nc(C(C)(C)C)nc1C1CCc2cccnc21. The molecule has 0 bridgehead atoms. The highest BCUT2D eigenvalue weighted by Crippen LogP contribution is 2.38. The summed E-state index contributed by atoms with van der Waals surface area (Å²) in [6.07, 6.45) is 3.97. The van der Waals surface area contributed by atoms with E-state index in [9.17, 15) is 0 Å². The Hall–Kier alpha value is -1.97. The summed E-state index contributed by atoms with van der Waals surface area (Å²) < 4.78 is 0. The van der Waals surface area contributed by atoms with Gasteiger partial charge in [-0.05, 0) is 31.4 Å². The average molecular weight is 282 g/mol. The smallest absolute Gasteiger partial charge is 0.136 e. The van der Waals surface area contributed by atoms with E-state index in [1.807, 2.05) is 19.2 Å². The minimum Gasteiger partial charge on any atom is -0.383 e. The Morgan fingerprint density at radius 3 is 2.67 bits per heavy atom. The first-order valence-electron chi connectivity index (χ1n) is 7.46. The van der Waals surface area contributed by atoms with E-state index in [2.05, 4.69) is 36.8 Å². The third kappa shape index (κ3) is 2.39. The van der Waals surface area contributed by atoms with Gasteiger partial charge in [-0.1, -0.05) is 26.8 Å². The monoisotopic (exact) mass is 282 g/mol. The van der Waals surface area contributed by atoms with E-state index in [0.29, 0.717) is 5.82 Å². The van der Waals surface area contributed by atoms with E-state index < -0.39 is 0 Å². The van der Waals surface area contributed by atoms with E-state index in [1.165, 1.54) is 5.56 Å². The number of anilines is 1. The second kappa shape index (κ2) is 4.79. The standard InChI is InChI=1S/C17H22N4/c1-10-13(20-16(17(2,3)4)21-15(10)18)12-8-7-11-6-5-9-19-14(11)12/h5-6,9,12H,7-8H2,1-4H3,(H2,18,20,21). The predicted molar refractivity (Wildman–Crippen MR) is 84.3 cm³/mol. The first kappa shape index (κ1) is 14.0. The molecule has 1 aliphatic carbocycles. The maximum atomic E-state index is 6.13. The number of nitrogens with zero attached hydrogens (tertiary/aromatic N) is 3. The number of nitrogen functional groups attached to an aromatic ring is 1. The molecule has 2 N–H and O–H groups in total. The van der Waals surface area contributed by atoms with E-state index in [1.54, 1.807) is 0 Å². The van der Waals surface area contributed by atoms with Crippen LogP contribution in [0.4, 0.5) is 5.82 Å². The molecule has 0 saturated carbocycles. The van der Waals surface area contributed by atoms with E-state index in [0.717, 1.165) is 35.6 Å². The van der Waals surface area contributed by atoms with Crippen LogP contribution >= 0.6 is 0 Å². The van der Waals surface area contributed by atoms with Gasteiger partial charge in [-0.25, -0.2) is 9.97 Å². The molecule has 0 saturated heterocycles. The molecule has 0 aromatic carbocycles. The minimum absolute atomic E-state index is 0.109. The van der Waals surface area contributed by atoms with Gasteiger partial charge in [-0.15, -0.1) is 0 Å². The van der Waals surface area contributed by atoms with Crippen LogP contribution in [0.15, 0.2) is 18.3 Å². The molecule has 1 aliphatic rings. The largest absolute Gasteiger partial charge is 0.383 e. The van der Waals surface area contributed by atoms with Crippen molar-refractivity contribution in [1.82, 2.24) is 15.0 Å². The molecule has 3 rings (SSSR count). The molecule has 21 heavy (non-hydrogen) atoms. The Kier molecular flexibility index (Phi) is 3.19. The maximum absolute atomic E-state index is 6.13. The number of aromatic nitrogens is 3. The normalized spacial score (nSPS) is 17.8. The van der Waals surface area contributed by atoms with Crippen LogP contribution in [-0.2, 0) is 11.8 Å². The number of pyridine rings is 1. The number of hydrogen-bond acceptors (Lipinski definition) is 4. The molecular formula is C17H22N4. The van der Waals surface area contributed by atoms with Gasteiger partial charge in [0.05, 0.1) is 11.4 Å². The van der Waals surface area contributed by atoms with Crippen LogP contribution in [0.25, 0.3) is 0 Å². The lowest BCUT2D eigenvalue weighted by molar-refractivity contribution is 0.538. The van der Waals surface area contributed by atoms with Gasteiger partial charge < -0.3 is 5.73 Å². The third-order valence-electron chi connectivity index (χ3n) is 4.18. The summed E-state index contributed by atoms with van der Waals surface area (Å²) in [4.78, 5) is 13.9. The van der Waals surface area contributed by atoms with Gasteiger partial charge in [0, 0.05) is 23.1 Å². The van der Waals surface area contributed by atoms with Crippen molar-refractivity contribution >= 4 is 5.82 Å². The molecule has 0 radical (unpaired) electrons. The summed E-state index contributed by atoms with van der Waals surface area (Å²) in [6.45, 7) is 8.35. The summed E-state index contributed by atoms with van der Waals surface area (Å²) >= 11 is 0. The summed E-state index contributed by atoms with van der Waals surface area (Å²) in [5.74, 6) is 1.65. The lowest BCUT2D eigenvalue weighted by atomic mass is 9.93. The quantitative estimate of drug-likeness (QED) is 0.872. The van der Waals surface area contributed by atoms with Gasteiger partial charge in [0.1, 0.15) is 11.6 Å². The highest BCUT2D eigenvalue weighted by Gasteiger charge is 2.30. The molecule has 1 atom stereocenters. The fourth-order valence-electron chi connectivity index (χ4n) is 2.91. The van der Waals surface area contributed by atoms with Crippen LogP contribution in [0.2, 0.25) is 0 Å². The fraction of sp³-hybridized carbons (Fsp3) is 0.471. The molecule has 4 heteroatoms. The van der Waals surface area contributed by atoms with E-state index in [-0.39, 0.29) is 11.3 Å². The summed E-state index contributed by atoms with van der Waals surface area (Å²) in [5.41, 5.74) is 10.5. The van der Waals surface area contributed by atoms with Crippen LogP contribution in [0.3, 0.4) is 0 Å². The van der Waals surface area contributed by atoms with Gasteiger partial charge in [0.25, 0.3) is 0 Å². The molecular weight excluding hydrogens is 260 g/mol. The highest BCUT2D eigenvalue weighted by molar-refractivity contribution is 5.47. The van der Waals surface area contributed by atoms with Gasteiger partial charge in [0.2, 0.25) is 0 Å². The van der Waals surface area contributed by atoms with Crippen molar-refractivity contribution in [2.45, 2.75) is 51.9 Å². The predicted octanol–water partition coefficient (Wildman–Crippen LogP) is 3.14. The first-order valence-corrected chi connectivity index (χ1v) is 7.46. The van der Waals surface area contributed by atoms with Gasteiger partial charge in [-0.2, -0.15) is 0 Å². The second-order valence-electron chi connectivity index (χ2n) is 6.83. The van der Waals surface area contributed by atoms with Crippen molar-refractivity contribution < 1.29 is 0 Å². The summed E-state index contributed by atoms with van der Waals surface area (Å²) in [7, 11) is 0. The number of fused-ring (bicyclic) bond motifs is 1. The Bertz CT molecular complexity index is 686. The Morgan fingerprint density at radius 2 is 1.95 bits per heavy atom. The lowest BCUT2D eigenvalue weighted by Gasteiger charge is -2.21. The number of aryl methyl sites for hydroxylation is 1. The van der Waals surface area contributed by atoms with Crippen molar-refractivity contribution in [3.8, 4) is 0 Å². The Balaban J connectivity index is 2.13. The summed E-state index contributed by atoms with van der Waals surface area (Å²) in [6, 6.07) is 4.16. The van der Waals surface area contributed by atoms with Crippen LogP contribution in [0.1, 0.15) is 61.4 Å². The van der Waals surface area contributed by atoms with E-state index >= 15 is 0 Å². The van der Waals surface area contributed by atoms with Crippen molar-refractivity contribution in [1.29, 1.82) is 0 Å². The molecule has 2 heterocycles. The van der Waals surface area contributed by atoms with Crippen molar-refractivity contribution in [3.63, 3.8) is 0 Å². The molecule has 2 aromatic heterocycles. The summed E-state index contributed by atoms with van der Waals surface area (Å²) in [5, 5.41) is 0. The minimum atomic E-state index is -0.109. The molecule has 1 unspecified atom stereocenters. The fourth-order valence-corrected chi connectivity index (χ4v) is 2.91. The molecule has 4 nitrogen and oxygen atoms in total. The zero-order chi connectivity index (χ0) is 15.2. The molecule has 0 amide bonds. The van der Waals surface area contributed by atoms with Crippen LogP contribution in [0, 0.1) is 6.92 Å². The van der Waals surface area contributed by atoms with Crippen molar-refractivity contribution in [2.24, 2.45) is 0 Å². The molecule has 110 valence electrons. The van der Waals surface area contributed by atoms with Crippen LogP contribution in [0.5, 0.6) is 0 Å². The van der Waals surface area contributed by atoms with Crippen molar-refractivity contribution in [2.75, 3.05) is 5.73 Å². The first-order chi connectivity index (χ1) is 9.88. The Morgan fingerprint density at radius 1 is 1.19 bits per heavy atom. The van der Waals surface area contributed by atoms with Gasteiger partial charge in [-0.3, -0.25) is 4.98 Å². The van der Waals surface area contributed by atoms with Gasteiger partial charge >= 0.3 is 0 Å². The zero-order valence-corrected chi connectivity index (χ0v) is 13.1. The number of hydrogen-bond donors (Lipinski definition) is 1.